The van der Waals surface area contributed by atoms with Crippen molar-refractivity contribution in [2.45, 2.75) is 6.92 Å². The van der Waals surface area contributed by atoms with Gasteiger partial charge in [0.1, 0.15) is 5.52 Å². The van der Waals surface area contributed by atoms with E-state index in [4.69, 9.17) is 0 Å². The fraction of sp³-hybridized carbons (Fsp3) is 0.0667. The van der Waals surface area contributed by atoms with Crippen molar-refractivity contribution in [3.63, 3.8) is 0 Å². The minimum absolute atomic E-state index is 0.377. The van der Waals surface area contributed by atoms with E-state index in [9.17, 15) is 10.1 Å². The van der Waals surface area contributed by atoms with Gasteiger partial charge < -0.3 is 9.94 Å². The van der Waals surface area contributed by atoms with E-state index in [0.717, 1.165) is 14.7 Å². The van der Waals surface area contributed by atoms with Crippen LogP contribution in [0.25, 0.3) is 22.3 Å². The van der Waals surface area contributed by atoms with Crippen molar-refractivity contribution >= 4 is 11.0 Å². The molecule has 0 saturated heterocycles. The summed E-state index contributed by atoms with van der Waals surface area (Å²) < 4.78 is 1.64. The maximum absolute atomic E-state index is 12.5. The number of nitrogens with zero attached hydrogens (tertiary/aromatic N) is 2. The summed E-state index contributed by atoms with van der Waals surface area (Å²) in [6.07, 6.45) is 0. The van der Waals surface area contributed by atoms with Gasteiger partial charge in [0.2, 0.25) is 0 Å². The third kappa shape index (κ3) is 1.69. The molecular formula is C15H12N2O2. The van der Waals surface area contributed by atoms with Crippen LogP contribution in [0.4, 0.5) is 0 Å². The molecule has 0 fully saturated rings. The van der Waals surface area contributed by atoms with Gasteiger partial charge in [-0.2, -0.15) is 0 Å². The van der Waals surface area contributed by atoms with E-state index in [1.54, 1.807) is 31.2 Å². The van der Waals surface area contributed by atoms with Gasteiger partial charge in [-0.15, -0.1) is 0 Å². The van der Waals surface area contributed by atoms with Crippen LogP contribution in [0.1, 0.15) is 5.69 Å². The second kappa shape index (κ2) is 4.24. The van der Waals surface area contributed by atoms with E-state index >= 15 is 0 Å². The zero-order chi connectivity index (χ0) is 13.4. The number of fused-ring (bicyclic) bond motifs is 1. The van der Waals surface area contributed by atoms with E-state index < -0.39 is 0 Å². The zero-order valence-corrected chi connectivity index (χ0v) is 10.4. The van der Waals surface area contributed by atoms with Gasteiger partial charge in [-0.3, -0.25) is 0 Å². The molecule has 0 saturated carbocycles. The zero-order valence-electron chi connectivity index (χ0n) is 10.4. The first-order chi connectivity index (χ1) is 9.20. The number of aromatic nitrogens is 2. The van der Waals surface area contributed by atoms with Gasteiger partial charge in [0.25, 0.3) is 11.2 Å². The number of benzene rings is 2. The molecule has 3 rings (SSSR count). The summed E-state index contributed by atoms with van der Waals surface area (Å²) in [6.45, 7) is 1.66. The van der Waals surface area contributed by atoms with E-state index in [0.29, 0.717) is 22.4 Å². The maximum atomic E-state index is 12.5. The molecule has 19 heavy (non-hydrogen) atoms. The summed E-state index contributed by atoms with van der Waals surface area (Å²) in [5, 5.41) is 12.2. The lowest BCUT2D eigenvalue weighted by molar-refractivity contribution is -0.452. The normalized spacial score (nSPS) is 10.8. The quantitative estimate of drug-likeness (QED) is 0.625. The molecule has 4 nitrogen and oxygen atoms in total. The van der Waals surface area contributed by atoms with Crippen LogP contribution in [0.3, 0.4) is 0 Å². The van der Waals surface area contributed by atoms with Crippen LogP contribution in [0.2, 0.25) is 0 Å². The van der Waals surface area contributed by atoms with Crippen LogP contribution in [0.5, 0.6) is 0 Å². The molecule has 2 aromatic carbocycles. The number of hydrogen-bond donors (Lipinski definition) is 0. The first-order valence-electron chi connectivity index (χ1n) is 6.00. The lowest BCUT2D eigenvalue weighted by atomic mass is 10.1. The van der Waals surface area contributed by atoms with Crippen molar-refractivity contribution in [3.05, 3.63) is 70.4 Å². The predicted octanol–water partition coefficient (Wildman–Crippen LogP) is 2.88. The Labute approximate surface area is 109 Å². The van der Waals surface area contributed by atoms with Crippen molar-refractivity contribution in [1.82, 2.24) is 4.73 Å². The lowest BCUT2D eigenvalue weighted by Gasteiger charge is -2.16. The molecule has 1 heterocycles. The third-order valence-corrected chi connectivity index (χ3v) is 3.22. The second-order valence-electron chi connectivity index (χ2n) is 4.38. The van der Waals surface area contributed by atoms with E-state index in [1.165, 1.54) is 0 Å². The topological polar surface area (TPSA) is 51.0 Å². The Kier molecular flexibility index (Phi) is 2.56. The molecule has 0 atom stereocenters. The van der Waals surface area contributed by atoms with Gasteiger partial charge in [-0.05, 0) is 25.1 Å². The van der Waals surface area contributed by atoms with Crippen LogP contribution in [0, 0.1) is 17.0 Å². The Bertz CT molecular complexity index is 807. The third-order valence-electron chi connectivity index (χ3n) is 3.22. The summed E-state index contributed by atoms with van der Waals surface area (Å²) in [5.41, 5.74) is 2.30. The van der Waals surface area contributed by atoms with Gasteiger partial charge >= 0.3 is 0 Å². The molecular weight excluding hydrogens is 240 g/mol. The van der Waals surface area contributed by atoms with E-state index in [-0.39, 0.29) is 0 Å². The molecule has 4 heteroatoms. The summed E-state index contributed by atoms with van der Waals surface area (Å²) in [5.74, 6) is 0. The average Bonchev–Trinajstić information content (AvgIpc) is 2.46. The average molecular weight is 252 g/mol. The van der Waals surface area contributed by atoms with Gasteiger partial charge in [0.05, 0.1) is 15.7 Å². The van der Waals surface area contributed by atoms with Crippen molar-refractivity contribution < 1.29 is 4.43 Å². The molecule has 0 spiro atoms. The minimum Gasteiger partial charge on any atom is -0.805 e. The molecule has 94 valence electrons. The van der Waals surface area contributed by atoms with Crippen LogP contribution in [0.15, 0.2) is 54.6 Å². The standard InChI is InChI=1S/C15H12N2O2/c1-11-15(12-7-3-2-4-8-12)17(19)14-10-6-5-9-13(14)16(11)18/h2-10H,1H3. The lowest BCUT2D eigenvalue weighted by Crippen LogP contribution is -2.23. The van der Waals surface area contributed by atoms with E-state index in [2.05, 4.69) is 0 Å². The Morgan fingerprint density at radius 1 is 1.00 bits per heavy atom. The maximum Gasteiger partial charge on any atom is 0.289 e. The van der Waals surface area contributed by atoms with Crippen LogP contribution in [-0.2, 0) is 0 Å². The highest BCUT2D eigenvalue weighted by atomic mass is 16.5. The Morgan fingerprint density at radius 3 is 2.37 bits per heavy atom. The molecule has 0 radical (unpaired) electrons. The molecule has 1 aromatic heterocycles. The van der Waals surface area contributed by atoms with Crippen molar-refractivity contribution in [2.24, 2.45) is 0 Å². The van der Waals surface area contributed by atoms with Crippen LogP contribution < -0.4 is 4.43 Å². The van der Waals surface area contributed by atoms with Gasteiger partial charge in [0, 0.05) is 11.0 Å². The highest BCUT2D eigenvalue weighted by Crippen LogP contribution is 2.21. The van der Waals surface area contributed by atoms with Crippen LogP contribution in [-0.4, -0.2) is 4.73 Å². The van der Waals surface area contributed by atoms with Crippen molar-refractivity contribution in [2.75, 3.05) is 0 Å². The molecule has 0 unspecified atom stereocenters. The van der Waals surface area contributed by atoms with E-state index in [1.807, 2.05) is 30.3 Å². The number of hydrogen-bond acceptors (Lipinski definition) is 2. The van der Waals surface area contributed by atoms with Crippen molar-refractivity contribution in [1.29, 1.82) is 0 Å². The molecule has 0 N–H and O–H groups in total. The second-order valence-corrected chi connectivity index (χ2v) is 4.38. The Morgan fingerprint density at radius 2 is 1.63 bits per heavy atom. The molecule has 0 bridgehead atoms. The largest absolute Gasteiger partial charge is 0.805 e. The van der Waals surface area contributed by atoms with Crippen molar-refractivity contribution in [3.8, 4) is 11.3 Å². The highest BCUT2D eigenvalue weighted by Gasteiger charge is 2.20. The SMILES string of the molecule is Cc1c(-c2ccccc2)[n+](=O)c2ccccc2n1[O-]. The Balaban J connectivity index is 2.48. The smallest absolute Gasteiger partial charge is 0.289 e. The first-order valence-corrected chi connectivity index (χ1v) is 6.00. The fourth-order valence-electron chi connectivity index (χ4n) is 2.27. The molecule has 0 aliphatic heterocycles. The minimum atomic E-state index is 0.377. The monoisotopic (exact) mass is 252 g/mol. The highest BCUT2D eigenvalue weighted by molar-refractivity contribution is 5.75. The molecule has 3 aromatic rings. The van der Waals surface area contributed by atoms with Crippen LogP contribution >= 0.6 is 0 Å². The predicted molar refractivity (Wildman–Crippen MR) is 74.2 cm³/mol. The Hall–Kier alpha value is -2.62. The van der Waals surface area contributed by atoms with Gasteiger partial charge in [0.15, 0.2) is 0 Å². The summed E-state index contributed by atoms with van der Waals surface area (Å²) >= 11 is 0. The first kappa shape index (κ1) is 11.5. The van der Waals surface area contributed by atoms with Gasteiger partial charge in [-0.25, -0.2) is 0 Å². The summed E-state index contributed by atoms with van der Waals surface area (Å²) in [7, 11) is 0. The van der Waals surface area contributed by atoms with Gasteiger partial charge in [-0.1, -0.05) is 30.3 Å². The number of para-hydroxylation sites is 2. The number of rotatable bonds is 1. The molecule has 0 aliphatic rings. The summed E-state index contributed by atoms with van der Waals surface area (Å²) in [4.78, 5) is 12.5. The fourth-order valence-corrected chi connectivity index (χ4v) is 2.27. The molecule has 0 amide bonds. The molecule has 0 aliphatic carbocycles. The summed E-state index contributed by atoms with van der Waals surface area (Å²) in [6, 6.07) is 16.0.